The van der Waals surface area contributed by atoms with Crippen LogP contribution in [0.15, 0.2) is 18.2 Å². The van der Waals surface area contributed by atoms with Gasteiger partial charge in [-0.05, 0) is 43.0 Å². The number of aromatic carboxylic acids is 1. The summed E-state index contributed by atoms with van der Waals surface area (Å²) in [6.45, 7) is 0.602. The number of carbonyl (C=O) groups excluding carboxylic acids is 1. The fourth-order valence-corrected chi connectivity index (χ4v) is 2.39. The van der Waals surface area contributed by atoms with Gasteiger partial charge in [0, 0.05) is 6.54 Å². The largest absolute Gasteiger partial charge is 0.478 e. The Labute approximate surface area is 133 Å². The second-order valence-electron chi connectivity index (χ2n) is 4.43. The highest BCUT2D eigenvalue weighted by Gasteiger charge is 2.09. The number of amides is 2. The quantitative estimate of drug-likeness (QED) is 0.635. The van der Waals surface area contributed by atoms with Crippen LogP contribution in [0.3, 0.4) is 0 Å². The zero-order valence-electron chi connectivity index (χ0n) is 11.8. The molecule has 2 amide bonds. The molecule has 0 aromatic heterocycles. The summed E-state index contributed by atoms with van der Waals surface area (Å²) in [4.78, 5) is 22.4. The Hall–Kier alpha value is -1.40. The Morgan fingerprint density at radius 3 is 2.67 bits per heavy atom. The van der Waals surface area contributed by atoms with Crippen molar-refractivity contribution >= 4 is 41.1 Å². The second kappa shape index (κ2) is 9.52. The topological polar surface area (TPSA) is 78.4 Å². The van der Waals surface area contributed by atoms with Crippen LogP contribution < -0.4 is 10.6 Å². The van der Waals surface area contributed by atoms with Gasteiger partial charge in [0.2, 0.25) is 0 Å². The average molecular weight is 331 g/mol. The molecule has 116 valence electrons. The molecule has 0 spiro atoms. The summed E-state index contributed by atoms with van der Waals surface area (Å²) in [5.41, 5.74) is 0.473. The van der Waals surface area contributed by atoms with Crippen LogP contribution in [0, 0.1) is 0 Å². The Morgan fingerprint density at radius 1 is 1.29 bits per heavy atom. The summed E-state index contributed by atoms with van der Waals surface area (Å²) < 4.78 is 0. The fraction of sp³-hybridized carbons (Fsp3) is 0.429. The predicted molar refractivity (Wildman–Crippen MR) is 87.7 cm³/mol. The van der Waals surface area contributed by atoms with E-state index in [1.54, 1.807) is 0 Å². The number of carboxylic acid groups (broad SMARTS) is 1. The second-order valence-corrected chi connectivity index (χ2v) is 5.83. The number of halogens is 1. The number of urea groups is 1. The van der Waals surface area contributed by atoms with E-state index in [2.05, 4.69) is 16.9 Å². The predicted octanol–water partition coefficient (Wildman–Crippen LogP) is 3.69. The van der Waals surface area contributed by atoms with E-state index >= 15 is 0 Å². The molecule has 21 heavy (non-hydrogen) atoms. The molecule has 0 atom stereocenters. The molecular weight excluding hydrogens is 312 g/mol. The maximum Gasteiger partial charge on any atom is 0.335 e. The molecule has 1 aromatic carbocycles. The van der Waals surface area contributed by atoms with E-state index in [-0.39, 0.29) is 16.6 Å². The molecule has 1 rings (SSSR count). The number of benzene rings is 1. The number of anilines is 1. The number of unbranched alkanes of at least 4 members (excludes halogenated alkanes) is 2. The van der Waals surface area contributed by atoms with E-state index in [9.17, 15) is 9.59 Å². The SMILES string of the molecule is CSCCCCCNC(=O)Nc1ccc(C(=O)O)cc1Cl. The van der Waals surface area contributed by atoms with E-state index in [0.29, 0.717) is 12.2 Å². The van der Waals surface area contributed by atoms with Crippen molar-refractivity contribution in [3.63, 3.8) is 0 Å². The molecule has 0 bridgehead atoms. The molecule has 0 heterocycles. The van der Waals surface area contributed by atoms with Crippen LogP contribution in [0.4, 0.5) is 10.5 Å². The third-order valence-corrected chi connectivity index (χ3v) is 3.78. The molecule has 0 aliphatic heterocycles. The molecule has 0 aliphatic carbocycles. The number of carbonyl (C=O) groups is 2. The van der Waals surface area contributed by atoms with Crippen LogP contribution >= 0.6 is 23.4 Å². The third kappa shape index (κ3) is 6.73. The van der Waals surface area contributed by atoms with Crippen molar-refractivity contribution in [3.8, 4) is 0 Å². The normalized spacial score (nSPS) is 10.2. The van der Waals surface area contributed by atoms with Crippen LogP contribution in [0.25, 0.3) is 0 Å². The molecule has 0 aliphatic rings. The van der Waals surface area contributed by atoms with Gasteiger partial charge in [-0.3, -0.25) is 0 Å². The average Bonchev–Trinajstić information content (AvgIpc) is 2.44. The Bertz CT molecular complexity index is 497. The first-order valence-corrected chi connectivity index (χ1v) is 8.38. The van der Waals surface area contributed by atoms with E-state index in [4.69, 9.17) is 16.7 Å². The van der Waals surface area contributed by atoms with Gasteiger partial charge in [-0.25, -0.2) is 9.59 Å². The van der Waals surface area contributed by atoms with Gasteiger partial charge in [-0.15, -0.1) is 0 Å². The highest BCUT2D eigenvalue weighted by Crippen LogP contribution is 2.22. The Kier molecular flexibility index (Phi) is 8.00. The summed E-state index contributed by atoms with van der Waals surface area (Å²) in [5.74, 6) is 0.0794. The van der Waals surface area contributed by atoms with Crippen LogP contribution in [-0.2, 0) is 0 Å². The molecule has 0 saturated carbocycles. The maximum atomic E-state index is 11.7. The van der Waals surface area contributed by atoms with E-state index < -0.39 is 5.97 Å². The molecule has 0 saturated heterocycles. The Balaban J connectivity index is 2.36. The lowest BCUT2D eigenvalue weighted by Gasteiger charge is -2.09. The molecule has 0 radical (unpaired) electrons. The molecule has 3 N–H and O–H groups in total. The lowest BCUT2D eigenvalue weighted by atomic mass is 10.2. The zero-order valence-corrected chi connectivity index (χ0v) is 13.4. The van der Waals surface area contributed by atoms with Crippen molar-refractivity contribution in [2.75, 3.05) is 23.9 Å². The first kappa shape index (κ1) is 17.7. The summed E-state index contributed by atoms with van der Waals surface area (Å²) in [6, 6.07) is 3.84. The molecule has 0 fully saturated rings. The van der Waals surface area contributed by atoms with E-state index in [1.165, 1.54) is 18.2 Å². The molecule has 1 aromatic rings. The van der Waals surface area contributed by atoms with Gasteiger partial charge in [-0.1, -0.05) is 18.0 Å². The number of hydrogen-bond acceptors (Lipinski definition) is 3. The van der Waals surface area contributed by atoms with Crippen molar-refractivity contribution in [1.29, 1.82) is 0 Å². The van der Waals surface area contributed by atoms with Crippen molar-refractivity contribution in [1.82, 2.24) is 5.32 Å². The minimum absolute atomic E-state index is 0.0831. The van der Waals surface area contributed by atoms with Crippen molar-refractivity contribution in [2.24, 2.45) is 0 Å². The van der Waals surface area contributed by atoms with E-state index in [0.717, 1.165) is 25.0 Å². The minimum atomic E-state index is -1.06. The third-order valence-electron chi connectivity index (χ3n) is 2.78. The van der Waals surface area contributed by atoms with Gasteiger partial charge in [0.15, 0.2) is 0 Å². The lowest BCUT2D eigenvalue weighted by Crippen LogP contribution is -2.29. The number of thioether (sulfide) groups is 1. The number of rotatable bonds is 8. The van der Waals surface area contributed by atoms with Crippen molar-refractivity contribution in [2.45, 2.75) is 19.3 Å². The summed E-state index contributed by atoms with van der Waals surface area (Å²) in [6.07, 6.45) is 5.23. The summed E-state index contributed by atoms with van der Waals surface area (Å²) in [7, 11) is 0. The summed E-state index contributed by atoms with van der Waals surface area (Å²) in [5, 5.41) is 14.4. The van der Waals surface area contributed by atoms with Crippen molar-refractivity contribution < 1.29 is 14.7 Å². The zero-order chi connectivity index (χ0) is 15.7. The first-order valence-electron chi connectivity index (χ1n) is 6.61. The van der Waals surface area contributed by atoms with Gasteiger partial charge in [0.05, 0.1) is 16.3 Å². The van der Waals surface area contributed by atoms with Gasteiger partial charge in [0.25, 0.3) is 0 Å². The standard InChI is InChI=1S/C14H19ClN2O3S/c1-21-8-4-2-3-7-16-14(20)17-12-6-5-10(13(18)19)9-11(12)15/h5-6,9H,2-4,7-8H2,1H3,(H,18,19)(H2,16,17,20). The van der Waals surface area contributed by atoms with Gasteiger partial charge < -0.3 is 15.7 Å². The van der Waals surface area contributed by atoms with Gasteiger partial charge >= 0.3 is 12.0 Å². The minimum Gasteiger partial charge on any atom is -0.478 e. The Morgan fingerprint density at radius 2 is 2.05 bits per heavy atom. The van der Waals surface area contributed by atoms with Crippen LogP contribution in [0.5, 0.6) is 0 Å². The van der Waals surface area contributed by atoms with Gasteiger partial charge in [-0.2, -0.15) is 11.8 Å². The molecule has 5 nitrogen and oxygen atoms in total. The highest BCUT2D eigenvalue weighted by molar-refractivity contribution is 7.98. The van der Waals surface area contributed by atoms with E-state index in [1.807, 2.05) is 11.8 Å². The van der Waals surface area contributed by atoms with Crippen LogP contribution in [0.1, 0.15) is 29.6 Å². The maximum absolute atomic E-state index is 11.7. The molecular formula is C14H19ClN2O3S. The monoisotopic (exact) mass is 330 g/mol. The number of carboxylic acids is 1. The molecule has 7 heteroatoms. The number of hydrogen-bond donors (Lipinski definition) is 3. The lowest BCUT2D eigenvalue weighted by molar-refractivity contribution is 0.0697. The van der Waals surface area contributed by atoms with Crippen molar-refractivity contribution in [3.05, 3.63) is 28.8 Å². The number of nitrogens with one attached hydrogen (secondary N) is 2. The fourth-order valence-electron chi connectivity index (χ4n) is 1.67. The molecule has 0 unspecified atom stereocenters. The van der Waals surface area contributed by atoms with Crippen LogP contribution in [-0.4, -0.2) is 35.7 Å². The highest BCUT2D eigenvalue weighted by atomic mass is 35.5. The summed E-state index contributed by atoms with van der Waals surface area (Å²) >= 11 is 7.74. The smallest absolute Gasteiger partial charge is 0.335 e. The first-order chi connectivity index (χ1) is 10.0. The van der Waals surface area contributed by atoms with Gasteiger partial charge in [0.1, 0.15) is 0 Å². The van der Waals surface area contributed by atoms with Crippen LogP contribution in [0.2, 0.25) is 5.02 Å².